The molecule has 1 aromatic rings. The second-order valence-corrected chi connectivity index (χ2v) is 12.8. The van der Waals surface area contributed by atoms with E-state index in [1.165, 1.54) is 0 Å². The number of nitrogens with zero attached hydrogens (tertiary/aromatic N) is 2. The fraction of sp³-hybridized carbons (Fsp3) is 0.692. The first-order chi connectivity index (χ1) is 9.13. The molecule has 0 atom stereocenters. The van der Waals surface area contributed by atoms with E-state index in [0.29, 0.717) is 10.3 Å². The normalized spacial score (nSPS) is 12.8. The topological polar surface area (TPSA) is 35.0 Å². The van der Waals surface area contributed by atoms with Gasteiger partial charge in [0.25, 0.3) is 0 Å². The fourth-order valence-electron chi connectivity index (χ4n) is 1.22. The van der Waals surface area contributed by atoms with Crippen LogP contribution in [0.15, 0.2) is 11.0 Å². The van der Waals surface area contributed by atoms with Crippen molar-refractivity contribution in [2.45, 2.75) is 50.2 Å². The standard InChI is InChI=1S/C13H22Cl2N2OSSi/c1-13(2,3)20(4,5)18-7-6-8-19-10-9-11(14)16-17-12(10)15/h9H,6-8H2,1-5H3. The maximum Gasteiger partial charge on any atom is 0.191 e. The van der Waals surface area contributed by atoms with Crippen LogP contribution in [0.25, 0.3) is 0 Å². The third-order valence-corrected chi connectivity index (χ3v) is 9.73. The molecular weight excluding hydrogens is 331 g/mol. The number of halogens is 2. The number of rotatable bonds is 6. The minimum absolute atomic E-state index is 0.256. The molecule has 0 aromatic carbocycles. The van der Waals surface area contributed by atoms with Crippen LogP contribution in [-0.4, -0.2) is 30.9 Å². The minimum Gasteiger partial charge on any atom is -0.417 e. The fourth-order valence-corrected chi connectivity index (χ4v) is 3.62. The lowest BCUT2D eigenvalue weighted by Gasteiger charge is -2.36. The van der Waals surface area contributed by atoms with Gasteiger partial charge in [0.1, 0.15) is 0 Å². The van der Waals surface area contributed by atoms with Crippen molar-refractivity contribution < 1.29 is 4.43 Å². The monoisotopic (exact) mass is 352 g/mol. The lowest BCUT2D eigenvalue weighted by atomic mass is 10.2. The molecule has 1 heterocycles. The zero-order valence-electron chi connectivity index (χ0n) is 12.7. The summed E-state index contributed by atoms with van der Waals surface area (Å²) in [4.78, 5) is 0.874. The van der Waals surface area contributed by atoms with E-state index in [9.17, 15) is 0 Å². The van der Waals surface area contributed by atoms with E-state index in [-0.39, 0.29) is 5.04 Å². The number of hydrogen-bond donors (Lipinski definition) is 0. The molecule has 0 aliphatic rings. The van der Waals surface area contributed by atoms with Gasteiger partial charge >= 0.3 is 0 Å². The first kappa shape index (κ1) is 18.2. The second kappa shape index (κ2) is 7.45. The van der Waals surface area contributed by atoms with Crippen LogP contribution in [-0.2, 0) is 4.43 Å². The molecule has 0 fully saturated rings. The van der Waals surface area contributed by atoms with Crippen LogP contribution >= 0.6 is 35.0 Å². The van der Waals surface area contributed by atoms with Crippen molar-refractivity contribution in [3.05, 3.63) is 16.4 Å². The van der Waals surface area contributed by atoms with Crippen LogP contribution in [0, 0.1) is 0 Å². The van der Waals surface area contributed by atoms with E-state index in [0.717, 1.165) is 23.7 Å². The summed E-state index contributed by atoms with van der Waals surface area (Å²) in [6.07, 6.45) is 0.980. The molecule has 0 radical (unpaired) electrons. The molecule has 3 nitrogen and oxygen atoms in total. The van der Waals surface area contributed by atoms with Crippen molar-refractivity contribution in [2.24, 2.45) is 0 Å². The van der Waals surface area contributed by atoms with E-state index < -0.39 is 8.32 Å². The Morgan fingerprint density at radius 1 is 1.25 bits per heavy atom. The molecule has 0 saturated carbocycles. The van der Waals surface area contributed by atoms with Crippen molar-refractivity contribution in [1.29, 1.82) is 0 Å². The van der Waals surface area contributed by atoms with Gasteiger partial charge in [-0.2, -0.15) is 0 Å². The van der Waals surface area contributed by atoms with Crippen LogP contribution in [0.4, 0.5) is 0 Å². The number of hydrogen-bond acceptors (Lipinski definition) is 4. The second-order valence-electron chi connectivity index (χ2n) is 6.13. The molecule has 0 N–H and O–H groups in total. The largest absolute Gasteiger partial charge is 0.417 e. The SMILES string of the molecule is CC(C)(C)[Si](C)(C)OCCCSc1cc(Cl)nnc1Cl. The van der Waals surface area contributed by atoms with Gasteiger partial charge in [-0.3, -0.25) is 0 Å². The van der Waals surface area contributed by atoms with E-state index in [1.54, 1.807) is 17.8 Å². The highest BCUT2D eigenvalue weighted by Crippen LogP contribution is 2.36. The van der Waals surface area contributed by atoms with Crippen LogP contribution in [0.2, 0.25) is 28.4 Å². The molecule has 0 aliphatic heterocycles. The summed E-state index contributed by atoms with van der Waals surface area (Å²) in [6.45, 7) is 12.1. The highest BCUT2D eigenvalue weighted by Gasteiger charge is 2.36. The Hall–Kier alpha value is 0.187. The maximum atomic E-state index is 6.12. The highest BCUT2D eigenvalue weighted by molar-refractivity contribution is 7.99. The van der Waals surface area contributed by atoms with Crippen molar-refractivity contribution in [1.82, 2.24) is 10.2 Å². The van der Waals surface area contributed by atoms with E-state index in [4.69, 9.17) is 27.6 Å². The molecule has 114 valence electrons. The molecule has 0 amide bonds. The predicted molar refractivity (Wildman–Crippen MR) is 90.5 cm³/mol. The summed E-state index contributed by atoms with van der Waals surface area (Å²) in [6, 6.07) is 1.75. The molecule has 7 heteroatoms. The molecule has 0 unspecified atom stereocenters. The molecule has 1 aromatic heterocycles. The van der Waals surface area contributed by atoms with E-state index >= 15 is 0 Å². The Bertz CT molecular complexity index is 452. The maximum absolute atomic E-state index is 6.12. The van der Waals surface area contributed by atoms with Gasteiger partial charge in [-0.1, -0.05) is 44.0 Å². The third kappa shape index (κ3) is 5.52. The third-order valence-electron chi connectivity index (χ3n) is 3.50. The molecule has 0 spiro atoms. The summed E-state index contributed by atoms with van der Waals surface area (Å²) in [5.41, 5.74) is 0. The summed E-state index contributed by atoms with van der Waals surface area (Å²) in [5.74, 6) is 0.927. The first-order valence-corrected chi connectivity index (χ1v) is 11.2. The van der Waals surface area contributed by atoms with Crippen LogP contribution in [0.1, 0.15) is 27.2 Å². The lowest BCUT2D eigenvalue weighted by molar-refractivity contribution is 0.289. The zero-order chi connectivity index (χ0) is 15.4. The number of thioether (sulfide) groups is 1. The predicted octanol–water partition coefficient (Wildman–Crippen LogP) is 5.29. The first-order valence-electron chi connectivity index (χ1n) is 6.59. The molecular formula is C13H22Cl2N2OSSi. The van der Waals surface area contributed by atoms with Crippen molar-refractivity contribution in [3.8, 4) is 0 Å². The van der Waals surface area contributed by atoms with E-state index in [2.05, 4.69) is 44.1 Å². The average Bonchev–Trinajstić information content (AvgIpc) is 2.31. The minimum atomic E-state index is -1.63. The van der Waals surface area contributed by atoms with Gasteiger partial charge in [0.2, 0.25) is 0 Å². The van der Waals surface area contributed by atoms with Gasteiger partial charge in [0.05, 0.1) is 0 Å². The van der Waals surface area contributed by atoms with E-state index in [1.807, 2.05) is 0 Å². The van der Waals surface area contributed by atoms with Gasteiger partial charge in [0.15, 0.2) is 18.6 Å². The smallest absolute Gasteiger partial charge is 0.191 e. The van der Waals surface area contributed by atoms with Crippen LogP contribution < -0.4 is 0 Å². The van der Waals surface area contributed by atoms with Crippen LogP contribution in [0.5, 0.6) is 0 Å². The van der Waals surface area contributed by atoms with Crippen molar-refractivity contribution in [2.75, 3.05) is 12.4 Å². The zero-order valence-corrected chi connectivity index (χ0v) is 16.0. The van der Waals surface area contributed by atoms with Crippen LogP contribution in [0.3, 0.4) is 0 Å². The average molecular weight is 353 g/mol. The Kier molecular flexibility index (Phi) is 6.79. The lowest BCUT2D eigenvalue weighted by Crippen LogP contribution is -2.41. The Morgan fingerprint density at radius 2 is 1.90 bits per heavy atom. The Labute approximate surface area is 136 Å². The van der Waals surface area contributed by atoms with Gasteiger partial charge in [-0.15, -0.1) is 22.0 Å². The molecule has 0 saturated heterocycles. The van der Waals surface area contributed by atoms with Gasteiger partial charge in [-0.25, -0.2) is 0 Å². The summed E-state index contributed by atoms with van der Waals surface area (Å²) in [7, 11) is -1.63. The highest BCUT2D eigenvalue weighted by atomic mass is 35.5. The number of aromatic nitrogens is 2. The van der Waals surface area contributed by atoms with Crippen molar-refractivity contribution >= 4 is 43.3 Å². The molecule has 1 rings (SSSR count). The molecule has 0 aliphatic carbocycles. The summed E-state index contributed by atoms with van der Waals surface area (Å²) in [5, 5.41) is 8.51. The Balaban J connectivity index is 2.34. The summed E-state index contributed by atoms with van der Waals surface area (Å²) < 4.78 is 6.12. The summed E-state index contributed by atoms with van der Waals surface area (Å²) >= 11 is 13.4. The van der Waals surface area contributed by atoms with Gasteiger partial charge in [-0.05, 0) is 30.6 Å². The van der Waals surface area contributed by atoms with Crippen molar-refractivity contribution in [3.63, 3.8) is 0 Å². The van der Waals surface area contributed by atoms with Gasteiger partial charge in [0, 0.05) is 17.3 Å². The molecule has 20 heavy (non-hydrogen) atoms. The van der Waals surface area contributed by atoms with Gasteiger partial charge < -0.3 is 4.43 Å². The quantitative estimate of drug-likeness (QED) is 0.395. The molecule has 0 bridgehead atoms. The Morgan fingerprint density at radius 3 is 2.50 bits per heavy atom.